The van der Waals surface area contributed by atoms with Gasteiger partial charge in [0.1, 0.15) is 0 Å². The van der Waals surface area contributed by atoms with E-state index in [9.17, 15) is 4.79 Å². The Morgan fingerprint density at radius 1 is 1.38 bits per heavy atom. The minimum absolute atomic E-state index is 0.0353. The predicted molar refractivity (Wildman–Crippen MR) is 100 cm³/mol. The van der Waals surface area contributed by atoms with E-state index in [1.165, 1.54) is 37.3 Å². The van der Waals surface area contributed by atoms with Crippen molar-refractivity contribution in [3.63, 3.8) is 0 Å². The Kier molecular flexibility index (Phi) is 4.45. The number of aromatic nitrogens is 1. The van der Waals surface area contributed by atoms with E-state index in [-0.39, 0.29) is 11.9 Å². The number of carbonyl (C=O) groups is 1. The van der Waals surface area contributed by atoms with E-state index in [4.69, 9.17) is 0 Å². The number of nitrogens with one attached hydrogen (secondary N) is 1. The summed E-state index contributed by atoms with van der Waals surface area (Å²) >= 11 is 4.94. The highest BCUT2D eigenvalue weighted by molar-refractivity contribution is 9.10. The molecule has 2 atom stereocenters. The molecule has 0 saturated carbocycles. The number of carbonyl (C=O) groups excluding carboxylic acids is 1. The van der Waals surface area contributed by atoms with Gasteiger partial charge < -0.3 is 5.32 Å². The Bertz CT molecular complexity index is 752. The van der Waals surface area contributed by atoms with Crippen LogP contribution in [0.2, 0.25) is 0 Å². The lowest BCUT2D eigenvalue weighted by Gasteiger charge is -2.49. The molecule has 5 rings (SSSR count). The van der Waals surface area contributed by atoms with E-state index in [2.05, 4.69) is 38.1 Å². The smallest absolute Gasteiger partial charge is 0.280 e. The van der Waals surface area contributed by atoms with E-state index in [0.29, 0.717) is 17.0 Å². The third kappa shape index (κ3) is 3.03. The maximum atomic E-state index is 12.7. The van der Waals surface area contributed by atoms with Crippen LogP contribution >= 0.6 is 27.3 Å². The topological polar surface area (TPSA) is 45.2 Å². The lowest BCUT2D eigenvalue weighted by Crippen LogP contribution is -2.62. The highest BCUT2D eigenvalue weighted by atomic mass is 79.9. The van der Waals surface area contributed by atoms with Crippen molar-refractivity contribution in [1.82, 2.24) is 15.2 Å². The van der Waals surface area contributed by atoms with Crippen LogP contribution in [0.1, 0.15) is 29.6 Å². The van der Waals surface area contributed by atoms with Gasteiger partial charge in [-0.05, 0) is 56.5 Å². The first-order valence-corrected chi connectivity index (χ1v) is 9.99. The van der Waals surface area contributed by atoms with Crippen molar-refractivity contribution in [3.05, 3.63) is 39.9 Å². The van der Waals surface area contributed by atoms with Gasteiger partial charge in [0.25, 0.3) is 5.91 Å². The first kappa shape index (κ1) is 16.2. The van der Waals surface area contributed by atoms with Crippen molar-refractivity contribution < 1.29 is 4.79 Å². The van der Waals surface area contributed by atoms with Crippen molar-refractivity contribution in [1.29, 1.82) is 0 Å². The summed E-state index contributed by atoms with van der Waals surface area (Å²) in [5, 5.41) is 3.80. The second-order valence-electron chi connectivity index (χ2n) is 6.65. The predicted octanol–water partition coefficient (Wildman–Crippen LogP) is 3.79. The van der Waals surface area contributed by atoms with E-state index in [1.54, 1.807) is 6.20 Å². The van der Waals surface area contributed by atoms with Gasteiger partial charge in [-0.3, -0.25) is 9.69 Å². The Hall–Kier alpha value is -1.24. The second-order valence-corrected chi connectivity index (χ2v) is 8.60. The van der Waals surface area contributed by atoms with Crippen LogP contribution in [0.15, 0.2) is 34.9 Å². The van der Waals surface area contributed by atoms with Gasteiger partial charge >= 0.3 is 0 Å². The molecule has 3 fully saturated rings. The maximum Gasteiger partial charge on any atom is 0.280 e. The quantitative estimate of drug-likeness (QED) is 0.844. The minimum Gasteiger partial charge on any atom is -0.345 e. The van der Waals surface area contributed by atoms with Crippen molar-refractivity contribution in [2.45, 2.75) is 31.8 Å². The second kappa shape index (κ2) is 6.58. The molecule has 1 aromatic heterocycles. The van der Waals surface area contributed by atoms with Crippen LogP contribution in [-0.4, -0.2) is 41.0 Å². The van der Waals surface area contributed by atoms with Crippen molar-refractivity contribution in [2.75, 3.05) is 13.1 Å². The van der Waals surface area contributed by atoms with Gasteiger partial charge in [0.2, 0.25) is 0 Å². The van der Waals surface area contributed by atoms with Crippen LogP contribution in [0.3, 0.4) is 0 Å². The Labute approximate surface area is 154 Å². The van der Waals surface area contributed by atoms with E-state index < -0.39 is 0 Å². The third-order valence-electron chi connectivity index (χ3n) is 5.28. The fourth-order valence-electron chi connectivity index (χ4n) is 3.91. The lowest BCUT2D eigenvalue weighted by atomic mass is 9.79. The van der Waals surface area contributed by atoms with Gasteiger partial charge in [0.05, 0.1) is 4.88 Å². The molecule has 0 spiro atoms. The molecule has 3 aliphatic heterocycles. The van der Waals surface area contributed by atoms with E-state index >= 15 is 0 Å². The molecule has 4 nitrogen and oxygen atoms in total. The van der Waals surface area contributed by atoms with E-state index in [1.807, 2.05) is 24.3 Å². The Balaban J connectivity index is 1.49. The highest BCUT2D eigenvalue weighted by Crippen LogP contribution is 2.33. The molecule has 1 N–H and O–H groups in total. The molecule has 1 aromatic carbocycles. The molecule has 24 heavy (non-hydrogen) atoms. The standard InChI is InChI=1S/C18H20BrN3OS/c1-11-16(12-5-7-22(11)8-6-12)21-17(23)18-20-10-15(24-18)13-3-2-4-14(19)9-13/h2-4,9-12,16H,5-8H2,1H3,(H,21,23)/t11-,16-/m0/s1. The molecule has 2 aromatic rings. The zero-order chi connectivity index (χ0) is 16.7. The van der Waals surface area contributed by atoms with Crippen LogP contribution in [0.4, 0.5) is 0 Å². The highest BCUT2D eigenvalue weighted by Gasteiger charge is 2.40. The van der Waals surface area contributed by atoms with Crippen molar-refractivity contribution in [3.8, 4) is 10.4 Å². The van der Waals surface area contributed by atoms with Gasteiger partial charge in [0, 0.05) is 22.8 Å². The number of piperidine rings is 3. The van der Waals surface area contributed by atoms with Crippen LogP contribution in [-0.2, 0) is 0 Å². The summed E-state index contributed by atoms with van der Waals surface area (Å²) in [5.74, 6) is 0.574. The van der Waals surface area contributed by atoms with Gasteiger partial charge in [0.15, 0.2) is 5.01 Å². The molecule has 0 radical (unpaired) electrons. The monoisotopic (exact) mass is 405 g/mol. The number of hydrogen-bond donors (Lipinski definition) is 1. The summed E-state index contributed by atoms with van der Waals surface area (Å²) in [6.07, 6.45) is 4.17. The number of nitrogens with zero attached hydrogens (tertiary/aromatic N) is 2. The van der Waals surface area contributed by atoms with Crippen molar-refractivity contribution in [2.24, 2.45) is 5.92 Å². The SMILES string of the molecule is C[C@H]1[C@H](NC(=O)c2ncc(-c3cccc(Br)c3)s2)C2CCN1CC2. The summed E-state index contributed by atoms with van der Waals surface area (Å²) < 4.78 is 1.03. The number of hydrogen-bond acceptors (Lipinski definition) is 4. The summed E-state index contributed by atoms with van der Waals surface area (Å²) in [7, 11) is 0. The number of fused-ring (bicyclic) bond motifs is 3. The summed E-state index contributed by atoms with van der Waals surface area (Å²) in [4.78, 5) is 20.5. The summed E-state index contributed by atoms with van der Waals surface area (Å²) in [5.41, 5.74) is 1.08. The maximum absolute atomic E-state index is 12.7. The molecule has 4 heterocycles. The average molecular weight is 406 g/mol. The zero-order valence-electron chi connectivity index (χ0n) is 13.5. The molecule has 2 bridgehead atoms. The molecule has 1 amide bonds. The first-order chi connectivity index (χ1) is 11.6. The molecule has 3 aliphatic rings. The molecule has 3 saturated heterocycles. The van der Waals surface area contributed by atoms with Crippen LogP contribution < -0.4 is 5.32 Å². The Morgan fingerprint density at radius 2 is 2.17 bits per heavy atom. The minimum atomic E-state index is -0.0353. The average Bonchev–Trinajstić information content (AvgIpc) is 3.09. The van der Waals surface area contributed by atoms with Crippen LogP contribution in [0.25, 0.3) is 10.4 Å². The van der Waals surface area contributed by atoms with Gasteiger partial charge in [-0.15, -0.1) is 11.3 Å². The molecule has 6 heteroatoms. The molecule has 0 aliphatic carbocycles. The fourth-order valence-corrected chi connectivity index (χ4v) is 5.13. The summed E-state index contributed by atoms with van der Waals surface area (Å²) in [6.45, 7) is 4.57. The van der Waals surface area contributed by atoms with Crippen molar-refractivity contribution >= 4 is 33.2 Å². The first-order valence-electron chi connectivity index (χ1n) is 8.38. The van der Waals surface area contributed by atoms with Gasteiger partial charge in [-0.2, -0.15) is 0 Å². The number of benzene rings is 1. The number of thiazole rings is 1. The number of amides is 1. The van der Waals surface area contributed by atoms with Crippen LogP contribution in [0, 0.1) is 5.92 Å². The number of rotatable bonds is 3. The van der Waals surface area contributed by atoms with Gasteiger partial charge in [-0.25, -0.2) is 4.98 Å². The largest absolute Gasteiger partial charge is 0.345 e. The fraction of sp³-hybridized carbons (Fsp3) is 0.444. The molecule has 0 unspecified atom stereocenters. The Morgan fingerprint density at radius 3 is 2.88 bits per heavy atom. The number of halogens is 1. The molecule has 126 valence electrons. The molecular weight excluding hydrogens is 386 g/mol. The summed E-state index contributed by atoms with van der Waals surface area (Å²) in [6, 6.07) is 8.74. The molecular formula is C18H20BrN3OS. The lowest BCUT2D eigenvalue weighted by molar-refractivity contribution is 0.0217. The van der Waals surface area contributed by atoms with Gasteiger partial charge in [-0.1, -0.05) is 28.1 Å². The third-order valence-corrected chi connectivity index (χ3v) is 6.82. The normalized spacial score (nSPS) is 28.8. The zero-order valence-corrected chi connectivity index (χ0v) is 15.9. The van der Waals surface area contributed by atoms with E-state index in [0.717, 1.165) is 14.9 Å². The van der Waals surface area contributed by atoms with Crippen LogP contribution in [0.5, 0.6) is 0 Å².